The van der Waals surface area contributed by atoms with Crippen molar-refractivity contribution in [2.75, 3.05) is 0 Å². The monoisotopic (exact) mass is 297 g/mol. The highest BCUT2D eigenvalue weighted by Gasteiger charge is 2.54. The van der Waals surface area contributed by atoms with E-state index in [1.165, 1.54) is 24.8 Å². The van der Waals surface area contributed by atoms with Gasteiger partial charge in [-0.15, -0.1) is 0 Å². The van der Waals surface area contributed by atoms with Gasteiger partial charge in [0, 0.05) is 5.41 Å². The zero-order valence-corrected chi connectivity index (χ0v) is 13.6. The van der Waals surface area contributed by atoms with Gasteiger partial charge in [0.1, 0.15) is 0 Å². The summed E-state index contributed by atoms with van der Waals surface area (Å²) in [6.07, 6.45) is 8.58. The van der Waals surface area contributed by atoms with Crippen molar-refractivity contribution in [3.63, 3.8) is 0 Å². The SMILES string of the molecule is CCC(NC(=O)C12CC3CC(CC(C3)C1)C2)c1ccccc1. The summed E-state index contributed by atoms with van der Waals surface area (Å²) in [5.74, 6) is 2.83. The highest BCUT2D eigenvalue weighted by atomic mass is 16.2. The number of rotatable bonds is 4. The van der Waals surface area contributed by atoms with Crippen LogP contribution in [0.2, 0.25) is 0 Å². The van der Waals surface area contributed by atoms with Gasteiger partial charge >= 0.3 is 0 Å². The predicted octanol–water partition coefficient (Wildman–Crippen LogP) is 4.47. The van der Waals surface area contributed by atoms with E-state index in [9.17, 15) is 4.79 Å². The number of benzene rings is 1. The molecule has 2 heteroatoms. The van der Waals surface area contributed by atoms with E-state index in [-0.39, 0.29) is 11.5 Å². The summed E-state index contributed by atoms with van der Waals surface area (Å²) >= 11 is 0. The van der Waals surface area contributed by atoms with E-state index >= 15 is 0 Å². The highest BCUT2D eigenvalue weighted by molar-refractivity contribution is 5.83. The van der Waals surface area contributed by atoms with Crippen molar-refractivity contribution in [1.29, 1.82) is 0 Å². The summed E-state index contributed by atoms with van der Waals surface area (Å²) in [6, 6.07) is 10.6. The first kappa shape index (κ1) is 14.3. The molecule has 4 saturated carbocycles. The lowest BCUT2D eigenvalue weighted by Crippen LogP contribution is -2.54. The van der Waals surface area contributed by atoms with Crippen molar-refractivity contribution in [3.05, 3.63) is 35.9 Å². The van der Waals surface area contributed by atoms with Gasteiger partial charge in [0.2, 0.25) is 5.91 Å². The summed E-state index contributed by atoms with van der Waals surface area (Å²) in [5, 5.41) is 3.40. The Morgan fingerprint density at radius 2 is 1.64 bits per heavy atom. The summed E-state index contributed by atoms with van der Waals surface area (Å²) in [7, 11) is 0. The van der Waals surface area contributed by atoms with Gasteiger partial charge in [0.15, 0.2) is 0 Å². The lowest BCUT2D eigenvalue weighted by Gasteiger charge is -2.55. The molecule has 0 aromatic heterocycles. The molecule has 22 heavy (non-hydrogen) atoms. The number of carbonyl (C=O) groups is 1. The molecule has 0 radical (unpaired) electrons. The zero-order valence-electron chi connectivity index (χ0n) is 13.6. The normalized spacial score (nSPS) is 37.0. The number of amides is 1. The topological polar surface area (TPSA) is 29.1 Å². The first-order valence-electron chi connectivity index (χ1n) is 9.04. The molecule has 4 bridgehead atoms. The van der Waals surface area contributed by atoms with Crippen LogP contribution in [0.1, 0.15) is 63.5 Å². The second kappa shape index (κ2) is 5.40. The average molecular weight is 297 g/mol. The van der Waals surface area contributed by atoms with E-state index < -0.39 is 0 Å². The lowest BCUT2D eigenvalue weighted by atomic mass is 9.49. The van der Waals surface area contributed by atoms with E-state index in [0.717, 1.165) is 43.4 Å². The van der Waals surface area contributed by atoms with E-state index in [1.807, 2.05) is 6.07 Å². The van der Waals surface area contributed by atoms with E-state index in [1.54, 1.807) is 0 Å². The maximum atomic E-state index is 13.1. The standard InChI is InChI=1S/C20H27NO/c1-2-18(17-6-4-3-5-7-17)21-19(22)20-11-14-8-15(12-20)10-16(9-14)13-20/h3-7,14-16,18H,2,8-13H2,1H3,(H,21,22). The second-order valence-corrected chi connectivity index (χ2v) is 8.04. The maximum absolute atomic E-state index is 13.1. The third-order valence-corrected chi connectivity index (χ3v) is 6.44. The molecular weight excluding hydrogens is 270 g/mol. The Morgan fingerprint density at radius 1 is 1.09 bits per heavy atom. The Bertz CT molecular complexity index is 515. The van der Waals surface area contributed by atoms with Gasteiger partial charge in [-0.2, -0.15) is 0 Å². The van der Waals surface area contributed by atoms with Crippen molar-refractivity contribution in [1.82, 2.24) is 5.32 Å². The van der Waals surface area contributed by atoms with Gasteiger partial charge in [-0.25, -0.2) is 0 Å². The molecule has 1 atom stereocenters. The average Bonchev–Trinajstić information content (AvgIpc) is 2.52. The number of carbonyl (C=O) groups excluding carboxylic acids is 1. The van der Waals surface area contributed by atoms with Gasteiger partial charge < -0.3 is 5.32 Å². The summed E-state index contributed by atoms with van der Waals surface area (Å²) in [4.78, 5) is 13.1. The fourth-order valence-electron chi connectivity index (χ4n) is 5.81. The zero-order chi connectivity index (χ0) is 15.2. The molecule has 0 saturated heterocycles. The van der Waals surface area contributed by atoms with E-state index in [4.69, 9.17) is 0 Å². The fraction of sp³-hybridized carbons (Fsp3) is 0.650. The highest BCUT2D eigenvalue weighted by Crippen LogP contribution is 2.60. The maximum Gasteiger partial charge on any atom is 0.226 e. The first-order valence-corrected chi connectivity index (χ1v) is 9.04. The molecule has 1 amide bonds. The van der Waals surface area contributed by atoms with Crippen LogP contribution in [0.5, 0.6) is 0 Å². The van der Waals surface area contributed by atoms with Crippen molar-refractivity contribution in [2.24, 2.45) is 23.2 Å². The van der Waals surface area contributed by atoms with Crippen LogP contribution in [0.15, 0.2) is 30.3 Å². The smallest absolute Gasteiger partial charge is 0.226 e. The van der Waals surface area contributed by atoms with Gasteiger partial charge in [0.25, 0.3) is 0 Å². The Morgan fingerprint density at radius 3 is 2.14 bits per heavy atom. The molecule has 0 heterocycles. The first-order chi connectivity index (χ1) is 10.7. The third kappa shape index (κ3) is 2.37. The van der Waals surface area contributed by atoms with Gasteiger partial charge in [0.05, 0.1) is 6.04 Å². The number of hydrogen-bond donors (Lipinski definition) is 1. The van der Waals surface area contributed by atoms with Gasteiger partial charge in [-0.1, -0.05) is 37.3 Å². The van der Waals surface area contributed by atoms with Crippen molar-refractivity contribution in [3.8, 4) is 0 Å². The van der Waals surface area contributed by atoms with E-state index in [2.05, 4.69) is 36.5 Å². The minimum absolute atomic E-state index is 0.0308. The quantitative estimate of drug-likeness (QED) is 0.873. The molecule has 1 aromatic rings. The number of hydrogen-bond acceptors (Lipinski definition) is 1. The minimum atomic E-state index is -0.0308. The van der Waals surface area contributed by atoms with Crippen LogP contribution in [0, 0.1) is 23.2 Å². The molecule has 5 rings (SSSR count). The Labute approximate surface area is 133 Å². The van der Waals surface area contributed by atoms with Crippen LogP contribution in [-0.4, -0.2) is 5.91 Å². The lowest BCUT2D eigenvalue weighted by molar-refractivity contribution is -0.147. The van der Waals surface area contributed by atoms with Gasteiger partial charge in [-0.3, -0.25) is 4.79 Å². The molecule has 4 aliphatic rings. The molecular formula is C20H27NO. The Balaban J connectivity index is 1.52. The molecule has 2 nitrogen and oxygen atoms in total. The number of nitrogens with one attached hydrogen (secondary N) is 1. The second-order valence-electron chi connectivity index (χ2n) is 8.04. The molecule has 0 aliphatic heterocycles. The molecule has 1 N–H and O–H groups in total. The molecule has 4 aliphatic carbocycles. The largest absolute Gasteiger partial charge is 0.349 e. The van der Waals surface area contributed by atoms with E-state index in [0.29, 0.717) is 5.91 Å². The van der Waals surface area contributed by atoms with Crippen LogP contribution in [0.4, 0.5) is 0 Å². The van der Waals surface area contributed by atoms with Crippen LogP contribution in [-0.2, 0) is 4.79 Å². The van der Waals surface area contributed by atoms with Crippen LogP contribution in [0.3, 0.4) is 0 Å². The van der Waals surface area contributed by atoms with Crippen molar-refractivity contribution in [2.45, 2.75) is 57.9 Å². The fourth-order valence-corrected chi connectivity index (χ4v) is 5.81. The molecule has 118 valence electrons. The van der Waals surface area contributed by atoms with Crippen molar-refractivity contribution >= 4 is 5.91 Å². The Hall–Kier alpha value is -1.31. The minimum Gasteiger partial charge on any atom is -0.349 e. The Kier molecular flexibility index (Phi) is 3.51. The predicted molar refractivity (Wildman–Crippen MR) is 88.2 cm³/mol. The summed E-state index contributed by atoms with van der Waals surface area (Å²) < 4.78 is 0. The third-order valence-electron chi connectivity index (χ3n) is 6.44. The molecule has 1 unspecified atom stereocenters. The van der Waals surface area contributed by atoms with Crippen LogP contribution >= 0.6 is 0 Å². The van der Waals surface area contributed by atoms with Crippen LogP contribution < -0.4 is 5.32 Å². The van der Waals surface area contributed by atoms with Crippen molar-refractivity contribution < 1.29 is 4.79 Å². The molecule has 0 spiro atoms. The molecule has 1 aromatic carbocycles. The molecule has 4 fully saturated rings. The van der Waals surface area contributed by atoms with Crippen LogP contribution in [0.25, 0.3) is 0 Å². The summed E-state index contributed by atoms with van der Waals surface area (Å²) in [5.41, 5.74) is 1.21. The van der Waals surface area contributed by atoms with Gasteiger partial charge in [-0.05, 0) is 68.3 Å². The summed E-state index contributed by atoms with van der Waals surface area (Å²) in [6.45, 7) is 2.16.